The van der Waals surface area contributed by atoms with Gasteiger partial charge in [0.25, 0.3) is 11.2 Å². The Kier molecular flexibility index (Phi) is 3.36. The highest BCUT2D eigenvalue weighted by Gasteiger charge is 2.23. The van der Waals surface area contributed by atoms with Gasteiger partial charge in [-0.2, -0.15) is 0 Å². The first-order valence-corrected chi connectivity index (χ1v) is 5.49. The smallest absolute Gasteiger partial charge is 0.330 e. The molecule has 0 atom stereocenters. The van der Waals surface area contributed by atoms with Gasteiger partial charge in [0, 0.05) is 24.4 Å². The molecule has 0 aliphatic heterocycles. The molecule has 2 rings (SSSR count). The molecule has 10 nitrogen and oxygen atoms in total. The van der Waals surface area contributed by atoms with E-state index in [-0.39, 0.29) is 10.9 Å². The first-order valence-electron chi connectivity index (χ1n) is 5.49. The standard InChI is InChI=1S/C11H7N3O7/c1-6(15)21-12-10(16)3-2-7-4-8(13(17)18)5-9(11(7)12)14(19)20/h2-5H,1H3. The molecule has 0 saturated heterocycles. The van der Waals surface area contributed by atoms with Crippen LogP contribution in [-0.4, -0.2) is 20.5 Å². The van der Waals surface area contributed by atoms with Crippen LogP contribution in [0.4, 0.5) is 11.4 Å². The normalized spacial score (nSPS) is 10.3. The highest BCUT2D eigenvalue weighted by molar-refractivity contribution is 5.90. The van der Waals surface area contributed by atoms with Gasteiger partial charge in [-0.05, 0) is 6.07 Å². The van der Waals surface area contributed by atoms with Gasteiger partial charge in [-0.3, -0.25) is 25.0 Å². The third-order valence-electron chi connectivity index (χ3n) is 2.54. The van der Waals surface area contributed by atoms with Crippen LogP contribution in [0.25, 0.3) is 10.9 Å². The van der Waals surface area contributed by atoms with Crippen LogP contribution >= 0.6 is 0 Å². The Labute approximate surface area is 115 Å². The van der Waals surface area contributed by atoms with Crippen LogP contribution < -0.4 is 10.4 Å². The highest BCUT2D eigenvalue weighted by Crippen LogP contribution is 2.29. The number of rotatable bonds is 3. The van der Waals surface area contributed by atoms with E-state index < -0.39 is 32.7 Å². The number of hydrogen-bond acceptors (Lipinski definition) is 7. The van der Waals surface area contributed by atoms with E-state index in [1.54, 1.807) is 0 Å². The van der Waals surface area contributed by atoms with Crippen LogP contribution in [0.15, 0.2) is 29.1 Å². The zero-order chi connectivity index (χ0) is 15.7. The van der Waals surface area contributed by atoms with Crippen molar-refractivity contribution in [3.63, 3.8) is 0 Å². The number of hydrogen-bond donors (Lipinski definition) is 0. The Morgan fingerprint density at radius 2 is 1.86 bits per heavy atom. The van der Waals surface area contributed by atoms with Gasteiger partial charge in [0.2, 0.25) is 0 Å². The topological polar surface area (TPSA) is 135 Å². The molecular formula is C11H7N3O7. The fraction of sp³-hybridized carbons (Fsp3) is 0.0909. The van der Waals surface area contributed by atoms with Gasteiger partial charge < -0.3 is 4.84 Å². The summed E-state index contributed by atoms with van der Waals surface area (Å²) in [7, 11) is 0. The summed E-state index contributed by atoms with van der Waals surface area (Å²) < 4.78 is 0.444. The van der Waals surface area contributed by atoms with Crippen LogP contribution in [-0.2, 0) is 4.79 Å². The second-order valence-corrected chi connectivity index (χ2v) is 3.97. The van der Waals surface area contributed by atoms with Crippen LogP contribution in [0.3, 0.4) is 0 Å². The Morgan fingerprint density at radius 3 is 2.38 bits per heavy atom. The van der Waals surface area contributed by atoms with Gasteiger partial charge in [0.05, 0.1) is 15.9 Å². The molecule has 1 aromatic heterocycles. The van der Waals surface area contributed by atoms with E-state index in [1.807, 2.05) is 0 Å². The number of aromatic nitrogens is 1. The van der Waals surface area contributed by atoms with Gasteiger partial charge in [-0.1, -0.05) is 0 Å². The summed E-state index contributed by atoms with van der Waals surface area (Å²) in [6.07, 6.45) is 0. The maximum atomic E-state index is 11.7. The number of non-ortho nitro benzene ring substituents is 2. The van der Waals surface area contributed by atoms with E-state index in [0.29, 0.717) is 10.8 Å². The number of carbonyl (C=O) groups is 1. The molecule has 1 aromatic carbocycles. The van der Waals surface area contributed by atoms with E-state index in [9.17, 15) is 29.8 Å². The molecule has 0 amide bonds. The minimum absolute atomic E-state index is 0.0248. The number of pyridine rings is 1. The van der Waals surface area contributed by atoms with Crippen molar-refractivity contribution in [2.75, 3.05) is 0 Å². The van der Waals surface area contributed by atoms with Crippen LogP contribution in [0.1, 0.15) is 6.92 Å². The third-order valence-corrected chi connectivity index (χ3v) is 2.54. The number of nitrogens with zero attached hydrogens (tertiary/aromatic N) is 3. The summed E-state index contributed by atoms with van der Waals surface area (Å²) >= 11 is 0. The van der Waals surface area contributed by atoms with Gasteiger partial charge in [-0.15, -0.1) is 4.73 Å². The summed E-state index contributed by atoms with van der Waals surface area (Å²) in [5, 5.41) is 21.9. The average Bonchev–Trinajstić information content (AvgIpc) is 2.40. The van der Waals surface area contributed by atoms with Crippen molar-refractivity contribution in [1.82, 2.24) is 4.73 Å². The predicted molar refractivity (Wildman–Crippen MR) is 68.8 cm³/mol. The zero-order valence-electron chi connectivity index (χ0n) is 10.5. The Hall–Kier alpha value is -3.30. The predicted octanol–water partition coefficient (Wildman–Crippen LogP) is 0.793. The molecule has 0 unspecified atom stereocenters. The second-order valence-electron chi connectivity index (χ2n) is 3.97. The minimum atomic E-state index is -0.894. The lowest BCUT2D eigenvalue weighted by atomic mass is 10.1. The molecule has 10 heteroatoms. The lowest BCUT2D eigenvalue weighted by Crippen LogP contribution is -2.29. The van der Waals surface area contributed by atoms with Crippen molar-refractivity contribution in [2.45, 2.75) is 6.92 Å². The summed E-state index contributed by atoms with van der Waals surface area (Å²) in [5.74, 6) is -0.864. The lowest BCUT2D eigenvalue weighted by molar-refractivity contribution is -0.393. The van der Waals surface area contributed by atoms with Crippen molar-refractivity contribution in [1.29, 1.82) is 0 Å². The molecule has 0 spiro atoms. The highest BCUT2D eigenvalue weighted by atomic mass is 16.7. The van der Waals surface area contributed by atoms with Crippen molar-refractivity contribution in [3.05, 3.63) is 54.8 Å². The molecule has 0 N–H and O–H groups in total. The van der Waals surface area contributed by atoms with Crippen LogP contribution in [0, 0.1) is 20.2 Å². The van der Waals surface area contributed by atoms with Crippen molar-refractivity contribution < 1.29 is 19.5 Å². The van der Waals surface area contributed by atoms with Crippen molar-refractivity contribution >= 4 is 28.2 Å². The molecule has 0 saturated carbocycles. The SMILES string of the molecule is CC(=O)On1c(=O)ccc2cc([N+](=O)[O-])cc([N+](=O)[O-])c21. The number of benzene rings is 1. The van der Waals surface area contributed by atoms with Gasteiger partial charge in [-0.25, -0.2) is 4.79 Å². The average molecular weight is 293 g/mol. The van der Waals surface area contributed by atoms with E-state index in [1.165, 1.54) is 6.07 Å². The molecular weight excluding hydrogens is 286 g/mol. The molecule has 0 aliphatic rings. The number of carbonyl (C=O) groups excluding carboxylic acids is 1. The molecule has 0 fully saturated rings. The third kappa shape index (κ3) is 2.54. The first-order chi connectivity index (χ1) is 9.81. The largest absolute Gasteiger partial charge is 0.333 e. The summed E-state index contributed by atoms with van der Waals surface area (Å²) in [6.45, 7) is 1.02. The molecule has 1 heterocycles. The monoisotopic (exact) mass is 293 g/mol. The first kappa shape index (κ1) is 14.1. The molecule has 0 bridgehead atoms. The van der Waals surface area contributed by atoms with Gasteiger partial charge in [0.1, 0.15) is 0 Å². The Morgan fingerprint density at radius 1 is 1.19 bits per heavy atom. The molecule has 0 aliphatic carbocycles. The molecule has 0 radical (unpaired) electrons. The number of nitro groups is 2. The van der Waals surface area contributed by atoms with Crippen LogP contribution in [0.2, 0.25) is 0 Å². The van der Waals surface area contributed by atoms with E-state index in [4.69, 9.17) is 0 Å². The summed E-state index contributed by atoms with van der Waals surface area (Å²) in [6, 6.07) is 3.90. The Bertz CT molecular complexity index is 840. The number of fused-ring (bicyclic) bond motifs is 1. The second kappa shape index (κ2) is 5.00. The van der Waals surface area contributed by atoms with Crippen molar-refractivity contribution in [3.8, 4) is 0 Å². The molecule has 2 aromatic rings. The fourth-order valence-electron chi connectivity index (χ4n) is 1.78. The minimum Gasteiger partial charge on any atom is -0.333 e. The lowest BCUT2D eigenvalue weighted by Gasteiger charge is -2.08. The fourth-order valence-corrected chi connectivity index (χ4v) is 1.78. The van der Waals surface area contributed by atoms with Gasteiger partial charge in [0.15, 0.2) is 5.52 Å². The maximum absolute atomic E-state index is 11.7. The van der Waals surface area contributed by atoms with E-state index in [0.717, 1.165) is 19.1 Å². The van der Waals surface area contributed by atoms with E-state index >= 15 is 0 Å². The summed E-state index contributed by atoms with van der Waals surface area (Å²) in [4.78, 5) is 47.5. The van der Waals surface area contributed by atoms with Crippen molar-refractivity contribution in [2.24, 2.45) is 0 Å². The van der Waals surface area contributed by atoms with Crippen LogP contribution in [0.5, 0.6) is 0 Å². The maximum Gasteiger partial charge on any atom is 0.330 e. The zero-order valence-corrected chi connectivity index (χ0v) is 10.5. The summed E-state index contributed by atoms with van der Waals surface area (Å²) in [5.41, 5.74) is -2.36. The Balaban J connectivity index is 2.94. The molecule has 108 valence electrons. The van der Waals surface area contributed by atoms with Gasteiger partial charge >= 0.3 is 11.7 Å². The molecule has 21 heavy (non-hydrogen) atoms. The number of nitro benzene ring substituents is 2. The quantitative estimate of drug-likeness (QED) is 0.603. The van der Waals surface area contributed by atoms with E-state index in [2.05, 4.69) is 4.84 Å².